The summed E-state index contributed by atoms with van der Waals surface area (Å²) < 4.78 is 0. The number of rotatable bonds is 12. The largest absolute Gasteiger partial charge is 0.131 e. The van der Waals surface area contributed by atoms with Gasteiger partial charge in [-0.2, -0.15) is 0 Å². The Morgan fingerprint density at radius 1 is 0.571 bits per heavy atom. The lowest BCUT2D eigenvalue weighted by atomic mass is 9.88. The van der Waals surface area contributed by atoms with E-state index in [1.165, 1.54) is 64.2 Å². The molecule has 0 rings (SSSR count). The van der Waals surface area contributed by atoms with Gasteiger partial charge in [0.25, 0.3) is 0 Å². The Morgan fingerprint density at radius 3 is 1.10 bits per heavy atom. The zero-order valence-corrected chi connectivity index (χ0v) is 18.8. The molecule has 0 amide bonds. The summed E-state index contributed by atoms with van der Waals surface area (Å²) in [5.41, 5.74) is 0. The van der Waals surface area contributed by atoms with Crippen LogP contribution >= 0.6 is 27.7 Å². The third-order valence-electron chi connectivity index (χ3n) is 5.66. The van der Waals surface area contributed by atoms with E-state index >= 15 is 0 Å². The molecule has 0 aliphatic heterocycles. The highest BCUT2D eigenvalue weighted by Gasteiger charge is 2.25. The molecule has 0 fully saturated rings. The molecule has 3 heteroatoms. The molecule has 0 aromatic heterocycles. The van der Waals surface area contributed by atoms with Crippen molar-refractivity contribution < 1.29 is 0 Å². The molecule has 21 heavy (non-hydrogen) atoms. The van der Waals surface area contributed by atoms with Gasteiger partial charge in [-0.15, -0.1) is 27.7 Å². The van der Waals surface area contributed by atoms with Crippen molar-refractivity contribution in [3.05, 3.63) is 0 Å². The molecule has 0 aromatic rings. The molecule has 0 radical (unpaired) electrons. The van der Waals surface area contributed by atoms with Gasteiger partial charge in [-0.1, -0.05) is 47.5 Å². The molecule has 0 aromatic carbocycles. The minimum Gasteiger partial charge on any atom is -0.131 e. The highest BCUT2D eigenvalue weighted by atomic mass is 31.0. The molecule has 0 aliphatic rings. The van der Waals surface area contributed by atoms with Crippen LogP contribution in [0.4, 0.5) is 0 Å². The lowest BCUT2D eigenvalue weighted by Gasteiger charge is -2.31. The Balaban J connectivity index is 4.10. The van der Waals surface area contributed by atoms with Crippen molar-refractivity contribution in [2.24, 2.45) is 0 Å². The Morgan fingerprint density at radius 2 is 0.857 bits per heavy atom. The zero-order valence-electron chi connectivity index (χ0n) is 15.3. The summed E-state index contributed by atoms with van der Waals surface area (Å²) in [6, 6.07) is 0. The second-order valence-electron chi connectivity index (χ2n) is 7.50. The third kappa shape index (κ3) is 9.23. The Kier molecular flexibility index (Phi) is 10.8. The third-order valence-corrected chi connectivity index (χ3v) is 8.45. The normalized spacial score (nSPS) is 13.7. The van der Waals surface area contributed by atoms with Gasteiger partial charge in [-0.25, -0.2) is 0 Å². The molecule has 0 spiro atoms. The molecular formula is C18H41P3. The molecule has 3 unspecified atom stereocenters. The fraction of sp³-hybridized carbons (Fsp3) is 1.00. The van der Waals surface area contributed by atoms with Crippen LogP contribution in [-0.4, -0.2) is 15.5 Å². The molecule has 0 saturated carbocycles. The summed E-state index contributed by atoms with van der Waals surface area (Å²) in [6.45, 7) is 11.7. The van der Waals surface area contributed by atoms with Crippen LogP contribution in [0.3, 0.4) is 0 Å². The minimum atomic E-state index is 0.431. The highest BCUT2D eigenvalue weighted by molar-refractivity contribution is 7.19. The predicted molar refractivity (Wildman–Crippen MR) is 112 cm³/mol. The van der Waals surface area contributed by atoms with Crippen LogP contribution < -0.4 is 0 Å². The maximum absolute atomic E-state index is 3.15. The average molecular weight is 350 g/mol. The highest BCUT2D eigenvalue weighted by Crippen LogP contribution is 2.38. The van der Waals surface area contributed by atoms with Gasteiger partial charge >= 0.3 is 0 Å². The molecule has 0 heterocycles. The first-order valence-corrected chi connectivity index (χ1v) is 10.8. The predicted octanol–water partition coefficient (Wildman–Crippen LogP) is 6.83. The van der Waals surface area contributed by atoms with Gasteiger partial charge in [0.1, 0.15) is 0 Å². The van der Waals surface area contributed by atoms with E-state index in [0.717, 1.165) is 0 Å². The first kappa shape index (κ1) is 22.3. The first-order valence-electron chi connectivity index (χ1n) is 9.02. The molecule has 3 atom stereocenters. The van der Waals surface area contributed by atoms with Gasteiger partial charge in [-0.05, 0) is 66.8 Å². The SMILES string of the molecule is CCC(P)(CC)CCCC(C)(P)CCCC(P)(CC)CC. The quantitative estimate of drug-likeness (QED) is 0.338. The van der Waals surface area contributed by atoms with Gasteiger partial charge in [0.15, 0.2) is 0 Å². The number of hydrogen-bond donors (Lipinski definition) is 0. The van der Waals surface area contributed by atoms with Crippen LogP contribution in [0.1, 0.15) is 98.8 Å². The summed E-state index contributed by atoms with van der Waals surface area (Å²) in [4.78, 5) is 0. The van der Waals surface area contributed by atoms with Gasteiger partial charge in [-0.3, -0.25) is 0 Å². The first-order chi connectivity index (χ1) is 9.66. The van der Waals surface area contributed by atoms with Crippen molar-refractivity contribution in [3.63, 3.8) is 0 Å². The van der Waals surface area contributed by atoms with Crippen LogP contribution in [0.25, 0.3) is 0 Å². The van der Waals surface area contributed by atoms with Crippen LogP contribution in [0.2, 0.25) is 0 Å². The van der Waals surface area contributed by atoms with Gasteiger partial charge in [0.2, 0.25) is 0 Å². The standard InChI is InChI=1S/C18H41P3/c1-6-17(20,7-2)14-10-12-16(5,19)13-11-15-18(21,8-3)9-4/h6-15,19-21H2,1-5H3. The van der Waals surface area contributed by atoms with Crippen molar-refractivity contribution in [1.29, 1.82) is 0 Å². The lowest BCUT2D eigenvalue weighted by Crippen LogP contribution is -2.23. The summed E-state index contributed by atoms with van der Waals surface area (Å²) in [5.74, 6) is 0. The van der Waals surface area contributed by atoms with Crippen molar-refractivity contribution in [1.82, 2.24) is 0 Å². The molecule has 0 saturated heterocycles. The Labute approximate surface area is 142 Å². The van der Waals surface area contributed by atoms with E-state index in [1.54, 1.807) is 0 Å². The van der Waals surface area contributed by atoms with Crippen LogP contribution in [0, 0.1) is 0 Å². The van der Waals surface area contributed by atoms with Crippen LogP contribution in [0.15, 0.2) is 0 Å². The lowest BCUT2D eigenvalue weighted by molar-refractivity contribution is 0.413. The van der Waals surface area contributed by atoms with E-state index < -0.39 is 0 Å². The summed E-state index contributed by atoms with van der Waals surface area (Å²) in [7, 11) is 9.38. The summed E-state index contributed by atoms with van der Waals surface area (Å²) in [5, 5.41) is 1.40. The molecule has 128 valence electrons. The molecular weight excluding hydrogens is 309 g/mol. The molecule has 0 bridgehead atoms. The topological polar surface area (TPSA) is 0 Å². The van der Waals surface area contributed by atoms with Gasteiger partial charge < -0.3 is 0 Å². The fourth-order valence-corrected chi connectivity index (χ4v) is 3.84. The minimum absolute atomic E-state index is 0.431. The van der Waals surface area contributed by atoms with Crippen molar-refractivity contribution in [2.45, 2.75) is 114 Å². The Hall–Kier alpha value is 1.29. The maximum atomic E-state index is 3.15. The van der Waals surface area contributed by atoms with Crippen molar-refractivity contribution >= 4 is 27.7 Å². The van der Waals surface area contributed by atoms with Gasteiger partial charge in [0, 0.05) is 0 Å². The van der Waals surface area contributed by atoms with E-state index in [4.69, 9.17) is 0 Å². The summed E-state index contributed by atoms with van der Waals surface area (Å²) >= 11 is 0. The monoisotopic (exact) mass is 350 g/mol. The Bertz CT molecular complexity index is 240. The van der Waals surface area contributed by atoms with E-state index in [0.29, 0.717) is 15.5 Å². The van der Waals surface area contributed by atoms with Crippen molar-refractivity contribution in [3.8, 4) is 0 Å². The molecule has 0 nitrogen and oxygen atoms in total. The van der Waals surface area contributed by atoms with E-state index in [1.807, 2.05) is 0 Å². The molecule has 0 N–H and O–H groups in total. The summed E-state index contributed by atoms with van der Waals surface area (Å²) in [6.07, 6.45) is 13.2. The maximum Gasteiger partial charge on any atom is -0.0155 e. The van der Waals surface area contributed by atoms with Crippen LogP contribution in [0.5, 0.6) is 0 Å². The molecule has 0 aliphatic carbocycles. The smallest absolute Gasteiger partial charge is 0.0155 e. The van der Waals surface area contributed by atoms with E-state index in [2.05, 4.69) is 62.3 Å². The fourth-order valence-electron chi connectivity index (χ4n) is 3.02. The average Bonchev–Trinajstić information content (AvgIpc) is 2.46. The zero-order chi connectivity index (χ0) is 16.6. The second-order valence-corrected chi connectivity index (χ2v) is 11.3. The van der Waals surface area contributed by atoms with E-state index in [9.17, 15) is 0 Å². The number of hydrogen-bond acceptors (Lipinski definition) is 0. The van der Waals surface area contributed by atoms with Crippen molar-refractivity contribution in [2.75, 3.05) is 0 Å². The van der Waals surface area contributed by atoms with Crippen LogP contribution in [-0.2, 0) is 0 Å². The van der Waals surface area contributed by atoms with Gasteiger partial charge in [0.05, 0.1) is 0 Å². The second kappa shape index (κ2) is 10.2. The van der Waals surface area contributed by atoms with E-state index in [-0.39, 0.29) is 0 Å².